The zero-order valence-electron chi connectivity index (χ0n) is 22.3. The molecule has 2 saturated heterocycles. The summed E-state index contributed by atoms with van der Waals surface area (Å²) in [5, 5.41) is 10.3. The summed E-state index contributed by atoms with van der Waals surface area (Å²) in [5.74, 6) is -2.86. The van der Waals surface area contributed by atoms with E-state index in [0.29, 0.717) is 25.9 Å². The van der Waals surface area contributed by atoms with Crippen molar-refractivity contribution in [3.63, 3.8) is 0 Å². The number of hydrogen-bond acceptors (Lipinski definition) is 6. The summed E-state index contributed by atoms with van der Waals surface area (Å²) in [5.41, 5.74) is -1.44. The number of likely N-dealkylation sites (tertiary alicyclic amines) is 1. The van der Waals surface area contributed by atoms with Gasteiger partial charge >= 0.3 is 5.97 Å². The number of carbonyl (C=O) groups is 3. The maximum absolute atomic E-state index is 14.4. The Hall–Kier alpha value is -2.97. The van der Waals surface area contributed by atoms with Gasteiger partial charge in [-0.2, -0.15) is 0 Å². The van der Waals surface area contributed by atoms with Gasteiger partial charge in [0, 0.05) is 13.1 Å². The van der Waals surface area contributed by atoms with E-state index in [1.807, 2.05) is 68.5 Å². The Labute approximate surface area is 224 Å². The number of fused-ring (bicyclic) bond motifs is 2. The minimum Gasteiger partial charge on any atom is -0.465 e. The zero-order valence-corrected chi connectivity index (χ0v) is 22.3. The summed E-state index contributed by atoms with van der Waals surface area (Å²) >= 11 is 0. The van der Waals surface area contributed by atoms with Crippen LogP contribution in [0.3, 0.4) is 0 Å². The topological polar surface area (TPSA) is 96.4 Å². The van der Waals surface area contributed by atoms with Crippen molar-refractivity contribution in [2.24, 2.45) is 11.8 Å². The molecule has 4 aliphatic heterocycles. The summed E-state index contributed by atoms with van der Waals surface area (Å²) in [4.78, 5) is 45.6. The monoisotopic (exact) mass is 522 g/mol. The second kappa shape index (κ2) is 10.7. The van der Waals surface area contributed by atoms with Crippen molar-refractivity contribution in [3.8, 4) is 0 Å². The van der Waals surface area contributed by atoms with E-state index >= 15 is 0 Å². The third-order valence-electron chi connectivity index (χ3n) is 8.70. The second-order valence-electron chi connectivity index (χ2n) is 10.8. The van der Waals surface area contributed by atoms with E-state index in [0.717, 1.165) is 24.8 Å². The predicted molar refractivity (Wildman–Crippen MR) is 141 cm³/mol. The molecule has 0 aliphatic carbocycles. The lowest BCUT2D eigenvalue weighted by Crippen LogP contribution is -2.58. The van der Waals surface area contributed by atoms with E-state index in [4.69, 9.17) is 9.47 Å². The minimum absolute atomic E-state index is 0.242. The molecule has 2 amide bonds. The number of cyclic esters (lactones) is 1. The lowest BCUT2D eigenvalue weighted by molar-refractivity contribution is -0.163. The van der Waals surface area contributed by atoms with Crippen LogP contribution in [0.15, 0.2) is 54.6 Å². The first-order valence-corrected chi connectivity index (χ1v) is 13.9. The molecule has 0 radical (unpaired) electrons. The van der Waals surface area contributed by atoms with Crippen molar-refractivity contribution < 1.29 is 29.0 Å². The molecule has 1 N–H and O–H groups in total. The van der Waals surface area contributed by atoms with Gasteiger partial charge in [0.05, 0.1) is 25.2 Å². The lowest BCUT2D eigenvalue weighted by atomic mass is 9.73. The van der Waals surface area contributed by atoms with Gasteiger partial charge in [-0.25, -0.2) is 0 Å². The summed E-state index contributed by atoms with van der Waals surface area (Å²) in [6, 6.07) is 8.15. The molecule has 1 unspecified atom stereocenters. The Kier molecular flexibility index (Phi) is 7.47. The van der Waals surface area contributed by atoms with Crippen LogP contribution in [0, 0.1) is 11.8 Å². The van der Waals surface area contributed by atoms with E-state index in [1.165, 1.54) is 4.90 Å². The molecule has 0 bridgehead atoms. The maximum Gasteiger partial charge on any atom is 0.313 e. The van der Waals surface area contributed by atoms with Gasteiger partial charge in [0.25, 0.3) is 0 Å². The van der Waals surface area contributed by atoms with Gasteiger partial charge in [-0.05, 0) is 37.7 Å². The molecular weight excluding hydrogens is 484 g/mol. The van der Waals surface area contributed by atoms with Gasteiger partial charge in [-0.3, -0.25) is 14.4 Å². The highest BCUT2D eigenvalue weighted by atomic mass is 16.6. The van der Waals surface area contributed by atoms with Gasteiger partial charge in [0.1, 0.15) is 23.2 Å². The normalized spacial score (nSPS) is 34.7. The van der Waals surface area contributed by atoms with Gasteiger partial charge in [0.15, 0.2) is 0 Å². The number of benzene rings is 1. The van der Waals surface area contributed by atoms with Crippen molar-refractivity contribution in [1.29, 1.82) is 0 Å². The molecule has 0 aromatic heterocycles. The van der Waals surface area contributed by atoms with Crippen LogP contribution in [0.4, 0.5) is 0 Å². The third-order valence-corrected chi connectivity index (χ3v) is 8.70. The number of esters is 1. The molecular formula is C30H38N2O6. The fourth-order valence-corrected chi connectivity index (χ4v) is 6.78. The molecule has 8 nitrogen and oxygen atoms in total. The number of hydrogen-bond donors (Lipinski definition) is 1. The van der Waals surface area contributed by atoms with E-state index < -0.39 is 41.1 Å². The number of amides is 2. The quantitative estimate of drug-likeness (QED) is 0.456. The largest absolute Gasteiger partial charge is 0.465 e. The zero-order chi connectivity index (χ0) is 26.9. The van der Waals surface area contributed by atoms with E-state index in [-0.39, 0.29) is 25.0 Å². The van der Waals surface area contributed by atoms with Crippen LogP contribution < -0.4 is 0 Å². The van der Waals surface area contributed by atoms with E-state index in [1.54, 1.807) is 4.90 Å². The van der Waals surface area contributed by atoms with Crippen LogP contribution in [0.25, 0.3) is 0 Å². The Balaban J connectivity index is 1.64. The highest BCUT2D eigenvalue weighted by Crippen LogP contribution is 2.58. The molecule has 4 heterocycles. The molecule has 0 saturated carbocycles. The van der Waals surface area contributed by atoms with Crippen LogP contribution in [-0.2, 0) is 30.4 Å². The molecule has 1 aromatic rings. The Morgan fingerprint density at radius 2 is 1.82 bits per heavy atom. The Morgan fingerprint density at radius 3 is 2.53 bits per heavy atom. The van der Waals surface area contributed by atoms with Gasteiger partial charge < -0.3 is 24.4 Å². The highest BCUT2D eigenvalue weighted by Gasteiger charge is 2.75. The molecule has 8 heteroatoms. The maximum atomic E-state index is 14.4. The molecule has 2 fully saturated rings. The van der Waals surface area contributed by atoms with Gasteiger partial charge in [-0.15, -0.1) is 0 Å². The molecule has 1 aromatic carbocycles. The number of nitrogens with zero attached hydrogens (tertiary/aromatic N) is 2. The third kappa shape index (κ3) is 4.18. The van der Waals surface area contributed by atoms with Crippen molar-refractivity contribution in [2.45, 2.75) is 75.8 Å². The van der Waals surface area contributed by atoms with Crippen molar-refractivity contribution in [1.82, 2.24) is 9.80 Å². The van der Waals surface area contributed by atoms with Crippen LogP contribution in [-0.4, -0.2) is 75.7 Å². The number of aliphatic hydroxyl groups excluding tert-OH is 1. The van der Waals surface area contributed by atoms with Crippen LogP contribution in [0.2, 0.25) is 0 Å². The SMILES string of the molecule is CC[C@@H](CO)N1C(=O)[C@@H]2[C@@H]3C(=O)OCCCC/C=C\[C@]3(CC)O[C@@]23C=CCN(Cc2ccccc2)C(=O)C13. The standard InChI is InChI=1S/C30H38N2O6/c1-3-22(20-33)32-25-27(35)31(19-21-13-8-7-9-14-21)17-12-16-30(25)23(26(32)34)24-28(36)37-18-11-6-5-10-15-29(24,4-2)38-30/h7-10,12-16,22-25,33H,3-6,11,17-20H2,1-2H3/b15-10-/t22-,23-,24+,25?,29-,30-/m0/s1. The summed E-state index contributed by atoms with van der Waals surface area (Å²) < 4.78 is 12.6. The lowest BCUT2D eigenvalue weighted by Gasteiger charge is -2.40. The van der Waals surface area contributed by atoms with Crippen LogP contribution >= 0.6 is 0 Å². The van der Waals surface area contributed by atoms with Gasteiger partial charge in [-0.1, -0.05) is 68.5 Å². The van der Waals surface area contributed by atoms with Crippen LogP contribution in [0.5, 0.6) is 0 Å². The molecule has 204 valence electrons. The number of ether oxygens (including phenoxy) is 2. The Morgan fingerprint density at radius 1 is 1.03 bits per heavy atom. The number of carbonyl (C=O) groups excluding carboxylic acids is 3. The average Bonchev–Trinajstić information content (AvgIpc) is 3.29. The number of allylic oxidation sites excluding steroid dienone is 1. The Bertz CT molecular complexity index is 1110. The molecule has 38 heavy (non-hydrogen) atoms. The number of aliphatic hydroxyl groups is 1. The molecule has 5 rings (SSSR count). The first kappa shape index (κ1) is 26.6. The highest BCUT2D eigenvalue weighted by molar-refractivity contribution is 5.99. The summed E-state index contributed by atoms with van der Waals surface area (Å²) in [6.45, 7) is 4.56. The van der Waals surface area contributed by atoms with Gasteiger partial charge in [0.2, 0.25) is 11.8 Å². The molecule has 4 aliphatic rings. The second-order valence-corrected chi connectivity index (χ2v) is 10.8. The summed E-state index contributed by atoms with van der Waals surface area (Å²) in [7, 11) is 0. The predicted octanol–water partition coefficient (Wildman–Crippen LogP) is 3.00. The number of rotatable bonds is 6. The fraction of sp³-hybridized carbons (Fsp3) is 0.567. The first-order valence-electron chi connectivity index (χ1n) is 13.9. The van der Waals surface area contributed by atoms with E-state index in [2.05, 4.69) is 0 Å². The van der Waals surface area contributed by atoms with Crippen molar-refractivity contribution in [2.75, 3.05) is 19.8 Å². The van der Waals surface area contributed by atoms with E-state index in [9.17, 15) is 19.5 Å². The van der Waals surface area contributed by atoms with Crippen molar-refractivity contribution >= 4 is 17.8 Å². The first-order chi connectivity index (χ1) is 18.4. The average molecular weight is 523 g/mol. The minimum atomic E-state index is -1.35. The fourth-order valence-electron chi connectivity index (χ4n) is 6.78. The smallest absolute Gasteiger partial charge is 0.313 e. The van der Waals surface area contributed by atoms with Crippen molar-refractivity contribution in [3.05, 3.63) is 60.2 Å². The summed E-state index contributed by atoms with van der Waals surface area (Å²) in [6.07, 6.45) is 11.1. The molecule has 1 spiro atoms. The van der Waals surface area contributed by atoms with Crippen LogP contribution in [0.1, 0.15) is 51.5 Å². The molecule has 6 atom stereocenters.